The predicted octanol–water partition coefficient (Wildman–Crippen LogP) is 4.37. The average molecular weight is 339 g/mol. The second-order valence-electron chi connectivity index (χ2n) is 6.46. The number of amides is 1. The minimum atomic E-state index is -0.837. The van der Waals surface area contributed by atoms with Crippen LogP contribution in [0.2, 0.25) is 0 Å². The van der Waals surface area contributed by atoms with Crippen molar-refractivity contribution in [2.45, 2.75) is 46.1 Å². The van der Waals surface area contributed by atoms with Crippen LogP contribution in [0.1, 0.15) is 42.9 Å². The SMILES string of the molecule is Cc1ccc(NC(=O)[C@H](C)OC(=O)C[C@@H](C)c2ccccc2)c(C)c1. The van der Waals surface area contributed by atoms with Gasteiger partial charge in [-0.15, -0.1) is 0 Å². The number of aryl methyl sites for hydroxylation is 2. The number of esters is 1. The minimum absolute atomic E-state index is 0.0447. The first-order valence-corrected chi connectivity index (χ1v) is 8.49. The van der Waals surface area contributed by atoms with Crippen LogP contribution in [0.3, 0.4) is 0 Å². The molecular formula is C21H25NO3. The molecule has 0 aliphatic rings. The third-order valence-electron chi connectivity index (χ3n) is 4.16. The van der Waals surface area contributed by atoms with Gasteiger partial charge in [0.2, 0.25) is 0 Å². The van der Waals surface area contributed by atoms with E-state index in [-0.39, 0.29) is 24.2 Å². The van der Waals surface area contributed by atoms with E-state index in [4.69, 9.17) is 4.74 Å². The van der Waals surface area contributed by atoms with Crippen molar-refractivity contribution in [1.82, 2.24) is 0 Å². The lowest BCUT2D eigenvalue weighted by Crippen LogP contribution is -2.30. The van der Waals surface area contributed by atoms with Gasteiger partial charge in [-0.2, -0.15) is 0 Å². The molecule has 0 saturated heterocycles. The average Bonchev–Trinajstić information content (AvgIpc) is 2.57. The van der Waals surface area contributed by atoms with E-state index in [1.165, 1.54) is 0 Å². The van der Waals surface area contributed by atoms with Gasteiger partial charge in [-0.1, -0.05) is 55.0 Å². The van der Waals surface area contributed by atoms with Crippen LogP contribution in [0.5, 0.6) is 0 Å². The molecule has 2 rings (SSSR count). The van der Waals surface area contributed by atoms with Gasteiger partial charge in [0.25, 0.3) is 5.91 Å². The number of carbonyl (C=O) groups excluding carboxylic acids is 2. The number of ether oxygens (including phenoxy) is 1. The van der Waals surface area contributed by atoms with E-state index in [1.54, 1.807) is 6.92 Å². The van der Waals surface area contributed by atoms with Crippen LogP contribution in [0.25, 0.3) is 0 Å². The van der Waals surface area contributed by atoms with E-state index >= 15 is 0 Å². The number of rotatable bonds is 6. The summed E-state index contributed by atoms with van der Waals surface area (Å²) >= 11 is 0. The first kappa shape index (κ1) is 18.7. The maximum atomic E-state index is 12.3. The second-order valence-corrected chi connectivity index (χ2v) is 6.46. The molecular weight excluding hydrogens is 314 g/mol. The first-order chi connectivity index (χ1) is 11.9. The topological polar surface area (TPSA) is 55.4 Å². The number of nitrogens with one attached hydrogen (secondary N) is 1. The molecule has 2 aromatic carbocycles. The fourth-order valence-electron chi connectivity index (χ4n) is 2.64. The molecule has 0 spiro atoms. The summed E-state index contributed by atoms with van der Waals surface area (Å²) in [5.74, 6) is -0.657. The van der Waals surface area contributed by atoms with Gasteiger partial charge in [-0.25, -0.2) is 0 Å². The van der Waals surface area contributed by atoms with E-state index in [9.17, 15) is 9.59 Å². The highest BCUT2D eigenvalue weighted by molar-refractivity contribution is 5.95. The van der Waals surface area contributed by atoms with Crippen molar-refractivity contribution < 1.29 is 14.3 Å². The van der Waals surface area contributed by atoms with Crippen LogP contribution < -0.4 is 5.32 Å². The lowest BCUT2D eigenvalue weighted by Gasteiger charge is -2.16. The van der Waals surface area contributed by atoms with E-state index < -0.39 is 6.10 Å². The van der Waals surface area contributed by atoms with Gasteiger partial charge in [-0.3, -0.25) is 9.59 Å². The number of hydrogen-bond donors (Lipinski definition) is 1. The van der Waals surface area contributed by atoms with Gasteiger partial charge in [0.15, 0.2) is 6.10 Å². The van der Waals surface area contributed by atoms with Crippen LogP contribution in [-0.2, 0) is 14.3 Å². The number of benzene rings is 2. The summed E-state index contributed by atoms with van der Waals surface area (Å²) in [6.45, 7) is 7.48. The largest absolute Gasteiger partial charge is 0.453 e. The maximum Gasteiger partial charge on any atom is 0.307 e. The molecule has 1 N–H and O–H groups in total. The third kappa shape index (κ3) is 5.45. The molecule has 4 heteroatoms. The molecule has 0 heterocycles. The highest BCUT2D eigenvalue weighted by Gasteiger charge is 2.20. The van der Waals surface area contributed by atoms with Gasteiger partial charge in [-0.05, 0) is 43.9 Å². The molecule has 1 amide bonds. The van der Waals surface area contributed by atoms with Gasteiger partial charge in [0, 0.05) is 5.69 Å². The molecule has 0 aliphatic carbocycles. The Morgan fingerprint density at radius 1 is 1.04 bits per heavy atom. The molecule has 0 aliphatic heterocycles. The van der Waals surface area contributed by atoms with E-state index in [2.05, 4.69) is 5.32 Å². The fourth-order valence-corrected chi connectivity index (χ4v) is 2.64. The van der Waals surface area contributed by atoms with Crippen LogP contribution >= 0.6 is 0 Å². The zero-order valence-electron chi connectivity index (χ0n) is 15.2. The van der Waals surface area contributed by atoms with E-state index in [0.29, 0.717) is 0 Å². The number of carbonyl (C=O) groups is 2. The van der Waals surface area contributed by atoms with Gasteiger partial charge in [0.05, 0.1) is 6.42 Å². The van der Waals surface area contributed by atoms with Crippen molar-refractivity contribution in [3.05, 3.63) is 65.2 Å². The van der Waals surface area contributed by atoms with Crippen molar-refractivity contribution in [2.75, 3.05) is 5.32 Å². The molecule has 2 aromatic rings. The zero-order valence-corrected chi connectivity index (χ0v) is 15.2. The molecule has 0 radical (unpaired) electrons. The van der Waals surface area contributed by atoms with Crippen molar-refractivity contribution in [3.8, 4) is 0 Å². The first-order valence-electron chi connectivity index (χ1n) is 8.49. The molecule has 25 heavy (non-hydrogen) atoms. The molecule has 4 nitrogen and oxygen atoms in total. The van der Waals surface area contributed by atoms with Crippen molar-refractivity contribution >= 4 is 17.6 Å². The summed E-state index contributed by atoms with van der Waals surface area (Å²) in [6.07, 6.45) is -0.596. The number of anilines is 1. The summed E-state index contributed by atoms with van der Waals surface area (Å²) in [7, 11) is 0. The zero-order chi connectivity index (χ0) is 18.4. The van der Waals surface area contributed by atoms with Crippen molar-refractivity contribution in [3.63, 3.8) is 0 Å². The predicted molar refractivity (Wildman–Crippen MR) is 99.6 cm³/mol. The van der Waals surface area contributed by atoms with Crippen LogP contribution in [-0.4, -0.2) is 18.0 Å². The Morgan fingerprint density at radius 2 is 1.72 bits per heavy atom. The summed E-state index contributed by atoms with van der Waals surface area (Å²) in [4.78, 5) is 24.4. The normalized spacial score (nSPS) is 13.0. The summed E-state index contributed by atoms with van der Waals surface area (Å²) in [5, 5.41) is 2.81. The Balaban J connectivity index is 1.88. The van der Waals surface area contributed by atoms with Gasteiger partial charge in [0.1, 0.15) is 0 Å². The Morgan fingerprint density at radius 3 is 2.36 bits per heavy atom. The lowest BCUT2D eigenvalue weighted by molar-refractivity contribution is -0.153. The highest BCUT2D eigenvalue weighted by Crippen LogP contribution is 2.20. The standard InChI is InChI=1S/C21H25NO3/c1-14-10-11-19(16(3)12-14)22-21(24)17(4)25-20(23)13-15(2)18-8-6-5-7-9-18/h5-12,15,17H,13H2,1-4H3,(H,22,24)/t15-,17+/m1/s1. The molecule has 0 saturated carbocycles. The quantitative estimate of drug-likeness (QED) is 0.795. The third-order valence-corrected chi connectivity index (χ3v) is 4.16. The van der Waals surface area contributed by atoms with Gasteiger partial charge < -0.3 is 10.1 Å². The number of hydrogen-bond acceptors (Lipinski definition) is 3. The summed E-state index contributed by atoms with van der Waals surface area (Å²) < 4.78 is 5.29. The van der Waals surface area contributed by atoms with Crippen LogP contribution in [0.15, 0.2) is 48.5 Å². The second kappa shape index (κ2) is 8.47. The van der Waals surface area contributed by atoms with E-state index in [1.807, 2.05) is 69.3 Å². The molecule has 0 unspecified atom stereocenters. The molecule has 0 fully saturated rings. The Hall–Kier alpha value is -2.62. The Kier molecular flexibility index (Phi) is 6.34. The van der Waals surface area contributed by atoms with Crippen LogP contribution in [0, 0.1) is 13.8 Å². The maximum absolute atomic E-state index is 12.3. The minimum Gasteiger partial charge on any atom is -0.453 e. The lowest BCUT2D eigenvalue weighted by atomic mass is 9.98. The molecule has 0 bridgehead atoms. The fraction of sp³-hybridized carbons (Fsp3) is 0.333. The van der Waals surface area contributed by atoms with E-state index in [0.717, 1.165) is 22.4 Å². The van der Waals surface area contributed by atoms with Crippen LogP contribution in [0.4, 0.5) is 5.69 Å². The van der Waals surface area contributed by atoms with Crippen molar-refractivity contribution in [2.24, 2.45) is 0 Å². The smallest absolute Gasteiger partial charge is 0.307 e. The van der Waals surface area contributed by atoms with Crippen molar-refractivity contribution in [1.29, 1.82) is 0 Å². The highest BCUT2D eigenvalue weighted by atomic mass is 16.5. The molecule has 132 valence electrons. The summed E-state index contributed by atoms with van der Waals surface area (Å²) in [6, 6.07) is 15.6. The molecule has 2 atom stereocenters. The Labute approximate surface area is 149 Å². The monoisotopic (exact) mass is 339 g/mol. The molecule has 0 aromatic heterocycles. The van der Waals surface area contributed by atoms with Gasteiger partial charge >= 0.3 is 5.97 Å². The summed E-state index contributed by atoms with van der Waals surface area (Å²) in [5.41, 5.74) is 3.91. The Bertz CT molecular complexity index is 740.